The van der Waals surface area contributed by atoms with Gasteiger partial charge in [0.15, 0.2) is 11.6 Å². The summed E-state index contributed by atoms with van der Waals surface area (Å²) in [6.07, 6.45) is 7.15. The van der Waals surface area contributed by atoms with Crippen LogP contribution in [0.4, 0.5) is 0 Å². The van der Waals surface area contributed by atoms with Crippen LogP contribution in [0.25, 0.3) is 23.0 Å². The van der Waals surface area contributed by atoms with E-state index in [1.165, 1.54) is 0 Å². The summed E-state index contributed by atoms with van der Waals surface area (Å²) >= 11 is 0. The van der Waals surface area contributed by atoms with Crippen LogP contribution >= 0.6 is 0 Å². The number of H-pyrrole nitrogens is 1. The molecule has 0 aliphatic heterocycles. The maximum Gasteiger partial charge on any atom is 0.158 e. The lowest BCUT2D eigenvalue weighted by molar-refractivity contribution is 0.917. The minimum atomic E-state index is 0.765. The largest absolute Gasteiger partial charge is 0.343 e. The number of nitrogens with one attached hydrogen (secondary N) is 1. The first-order chi connectivity index (χ1) is 8.34. The van der Waals surface area contributed by atoms with Gasteiger partial charge in [-0.25, -0.2) is 15.0 Å². The number of hydrogen-bond acceptors (Lipinski definition) is 3. The third-order valence-corrected chi connectivity index (χ3v) is 2.54. The fourth-order valence-electron chi connectivity index (χ4n) is 1.71. The highest BCUT2D eigenvalue weighted by molar-refractivity contribution is 5.57. The summed E-state index contributed by atoms with van der Waals surface area (Å²) in [6.45, 7) is 0. The van der Waals surface area contributed by atoms with E-state index >= 15 is 0 Å². The quantitative estimate of drug-likeness (QED) is 0.724. The molecule has 3 rings (SSSR count). The second-order valence-corrected chi connectivity index (χ2v) is 3.71. The molecule has 0 spiro atoms. The van der Waals surface area contributed by atoms with Crippen molar-refractivity contribution in [1.82, 2.24) is 24.5 Å². The van der Waals surface area contributed by atoms with Crippen molar-refractivity contribution in [3.63, 3.8) is 0 Å². The van der Waals surface area contributed by atoms with E-state index in [2.05, 4.69) is 19.9 Å². The summed E-state index contributed by atoms with van der Waals surface area (Å²) in [5.41, 5.74) is 1.65. The highest BCUT2D eigenvalue weighted by Crippen LogP contribution is 2.18. The van der Waals surface area contributed by atoms with Gasteiger partial charge in [0.1, 0.15) is 11.4 Å². The van der Waals surface area contributed by atoms with Crippen LogP contribution in [-0.2, 0) is 7.05 Å². The number of pyridine rings is 1. The zero-order valence-electron chi connectivity index (χ0n) is 9.33. The predicted molar refractivity (Wildman–Crippen MR) is 64.0 cm³/mol. The average molecular weight is 225 g/mol. The zero-order chi connectivity index (χ0) is 11.7. The summed E-state index contributed by atoms with van der Waals surface area (Å²) in [5.74, 6) is 1.61. The number of aryl methyl sites for hydroxylation is 1. The molecule has 0 aliphatic rings. The third-order valence-electron chi connectivity index (χ3n) is 2.54. The summed E-state index contributed by atoms with van der Waals surface area (Å²) in [5, 5.41) is 0. The molecule has 5 heteroatoms. The van der Waals surface area contributed by atoms with Crippen LogP contribution < -0.4 is 0 Å². The van der Waals surface area contributed by atoms with Gasteiger partial charge < -0.3 is 9.55 Å². The normalized spacial score (nSPS) is 10.6. The summed E-state index contributed by atoms with van der Waals surface area (Å²) in [7, 11) is 1.95. The molecule has 0 bridgehead atoms. The summed E-state index contributed by atoms with van der Waals surface area (Å²) in [4.78, 5) is 16.0. The molecule has 0 saturated heterocycles. The Kier molecular flexibility index (Phi) is 2.22. The molecule has 3 aromatic heterocycles. The first-order valence-electron chi connectivity index (χ1n) is 5.29. The first kappa shape index (κ1) is 9.77. The molecule has 5 nitrogen and oxygen atoms in total. The van der Waals surface area contributed by atoms with E-state index in [1.807, 2.05) is 36.0 Å². The van der Waals surface area contributed by atoms with Crippen molar-refractivity contribution in [2.75, 3.05) is 0 Å². The Labute approximate surface area is 98.2 Å². The minimum absolute atomic E-state index is 0.765. The molecule has 0 radical (unpaired) electrons. The maximum absolute atomic E-state index is 4.54. The van der Waals surface area contributed by atoms with Crippen molar-refractivity contribution in [3.8, 4) is 23.0 Å². The number of nitrogens with zero attached hydrogens (tertiary/aromatic N) is 4. The van der Waals surface area contributed by atoms with Gasteiger partial charge in [0.2, 0.25) is 0 Å². The van der Waals surface area contributed by atoms with E-state index in [0.717, 1.165) is 23.0 Å². The standard InChI is InChI=1S/C12H11N5/c1-17-8-7-15-12(17)10-4-2-3-9(16-10)11-13-5-6-14-11/h2-8H,1H3,(H,13,14). The molecule has 0 saturated carbocycles. The highest BCUT2D eigenvalue weighted by atomic mass is 15.1. The number of aromatic amines is 1. The van der Waals surface area contributed by atoms with Gasteiger partial charge in [-0.15, -0.1) is 0 Å². The first-order valence-corrected chi connectivity index (χ1v) is 5.29. The lowest BCUT2D eigenvalue weighted by Crippen LogP contribution is -1.95. The van der Waals surface area contributed by atoms with Crippen LogP contribution in [0.5, 0.6) is 0 Å². The highest BCUT2D eigenvalue weighted by Gasteiger charge is 2.07. The zero-order valence-corrected chi connectivity index (χ0v) is 9.33. The molecule has 0 atom stereocenters. The van der Waals surface area contributed by atoms with E-state index in [-0.39, 0.29) is 0 Å². The Bertz CT molecular complexity index is 624. The molecule has 0 unspecified atom stereocenters. The third kappa shape index (κ3) is 1.71. The molecular formula is C12H11N5. The van der Waals surface area contributed by atoms with Gasteiger partial charge in [0.25, 0.3) is 0 Å². The Hall–Kier alpha value is -2.43. The van der Waals surface area contributed by atoms with Crippen LogP contribution in [0.15, 0.2) is 43.0 Å². The van der Waals surface area contributed by atoms with E-state index in [1.54, 1.807) is 18.6 Å². The van der Waals surface area contributed by atoms with Gasteiger partial charge in [-0.05, 0) is 12.1 Å². The minimum Gasteiger partial charge on any atom is -0.343 e. The number of hydrogen-bond donors (Lipinski definition) is 1. The molecule has 0 aliphatic carbocycles. The van der Waals surface area contributed by atoms with Crippen molar-refractivity contribution < 1.29 is 0 Å². The van der Waals surface area contributed by atoms with E-state index in [4.69, 9.17) is 0 Å². The molecule has 3 heterocycles. The summed E-state index contributed by atoms with van der Waals surface area (Å²) < 4.78 is 1.94. The maximum atomic E-state index is 4.54. The summed E-state index contributed by atoms with van der Waals surface area (Å²) in [6, 6.07) is 5.81. The van der Waals surface area contributed by atoms with Crippen molar-refractivity contribution in [2.45, 2.75) is 0 Å². The lowest BCUT2D eigenvalue weighted by Gasteiger charge is -2.02. The van der Waals surface area contributed by atoms with Gasteiger partial charge in [0, 0.05) is 31.8 Å². The predicted octanol–water partition coefficient (Wildman–Crippen LogP) is 1.87. The van der Waals surface area contributed by atoms with Crippen LogP contribution in [-0.4, -0.2) is 24.5 Å². The second-order valence-electron chi connectivity index (χ2n) is 3.71. The number of imidazole rings is 2. The molecule has 3 aromatic rings. The molecule has 1 N–H and O–H groups in total. The molecular weight excluding hydrogens is 214 g/mol. The Morgan fingerprint density at radius 2 is 2.00 bits per heavy atom. The van der Waals surface area contributed by atoms with Crippen LogP contribution in [0.1, 0.15) is 0 Å². The Balaban J connectivity index is 2.09. The molecule has 0 fully saturated rings. The molecule has 17 heavy (non-hydrogen) atoms. The van der Waals surface area contributed by atoms with Gasteiger partial charge in [-0.3, -0.25) is 0 Å². The van der Waals surface area contributed by atoms with Gasteiger partial charge >= 0.3 is 0 Å². The second kappa shape index (κ2) is 3.86. The van der Waals surface area contributed by atoms with Crippen LogP contribution in [0.2, 0.25) is 0 Å². The molecule has 84 valence electrons. The molecule has 0 aromatic carbocycles. The van der Waals surface area contributed by atoms with Crippen molar-refractivity contribution in [3.05, 3.63) is 43.0 Å². The SMILES string of the molecule is Cn1ccnc1-c1cccc(-c2ncc[nH]2)n1. The van der Waals surface area contributed by atoms with E-state index in [0.29, 0.717) is 0 Å². The van der Waals surface area contributed by atoms with E-state index < -0.39 is 0 Å². The fraction of sp³-hybridized carbons (Fsp3) is 0.0833. The Morgan fingerprint density at radius 3 is 2.71 bits per heavy atom. The van der Waals surface area contributed by atoms with Gasteiger partial charge in [-0.1, -0.05) is 6.07 Å². The lowest BCUT2D eigenvalue weighted by atomic mass is 10.3. The molecule has 0 amide bonds. The number of rotatable bonds is 2. The average Bonchev–Trinajstić information content (AvgIpc) is 2.99. The van der Waals surface area contributed by atoms with Crippen molar-refractivity contribution in [2.24, 2.45) is 7.05 Å². The van der Waals surface area contributed by atoms with Crippen molar-refractivity contribution in [1.29, 1.82) is 0 Å². The van der Waals surface area contributed by atoms with E-state index in [9.17, 15) is 0 Å². The number of aromatic nitrogens is 5. The monoisotopic (exact) mass is 225 g/mol. The van der Waals surface area contributed by atoms with Crippen LogP contribution in [0, 0.1) is 0 Å². The van der Waals surface area contributed by atoms with Gasteiger partial charge in [0.05, 0.1) is 0 Å². The fourth-order valence-corrected chi connectivity index (χ4v) is 1.71. The smallest absolute Gasteiger partial charge is 0.158 e. The van der Waals surface area contributed by atoms with Gasteiger partial charge in [-0.2, -0.15) is 0 Å². The van der Waals surface area contributed by atoms with Crippen molar-refractivity contribution >= 4 is 0 Å². The van der Waals surface area contributed by atoms with Crippen LogP contribution in [0.3, 0.4) is 0 Å². The topological polar surface area (TPSA) is 59.4 Å². The Morgan fingerprint density at radius 1 is 1.12 bits per heavy atom.